The lowest BCUT2D eigenvalue weighted by molar-refractivity contribution is -0.134. The second-order valence-electron chi connectivity index (χ2n) is 7.46. The Balaban J connectivity index is 2.08. The smallest absolute Gasteiger partial charge is 0.337 e. The summed E-state index contributed by atoms with van der Waals surface area (Å²) in [7, 11) is -2.75. The maximum atomic E-state index is 13.7. The fraction of sp³-hybridized carbons (Fsp3) is 0.524. The lowest BCUT2D eigenvalue weighted by Gasteiger charge is -2.40. The van der Waals surface area contributed by atoms with E-state index in [1.165, 1.54) is 35.7 Å². The average molecular weight is 419 g/mol. The quantitative estimate of drug-likeness (QED) is 0.539. The average Bonchev–Trinajstić information content (AvgIpc) is 2.80. The van der Waals surface area contributed by atoms with Crippen LogP contribution in [0.4, 0.5) is 0 Å². The van der Waals surface area contributed by atoms with Gasteiger partial charge in [-0.3, -0.25) is 4.79 Å². The van der Waals surface area contributed by atoms with E-state index in [1.807, 2.05) is 6.92 Å². The van der Waals surface area contributed by atoms with Crippen LogP contribution in [-0.4, -0.2) is 61.8 Å². The second kappa shape index (κ2) is 8.56. The van der Waals surface area contributed by atoms with E-state index < -0.39 is 22.0 Å². The lowest BCUT2D eigenvalue weighted by atomic mass is 9.89. The number of terminal acetylenes is 1. The highest BCUT2D eigenvalue weighted by Crippen LogP contribution is 2.38. The van der Waals surface area contributed by atoms with Crippen LogP contribution in [0.3, 0.4) is 0 Å². The molecule has 3 rings (SSSR count). The van der Waals surface area contributed by atoms with Crippen LogP contribution in [0.2, 0.25) is 0 Å². The summed E-state index contributed by atoms with van der Waals surface area (Å²) >= 11 is 0. The molecule has 29 heavy (non-hydrogen) atoms. The summed E-state index contributed by atoms with van der Waals surface area (Å²) in [6.07, 6.45) is 8.13. The minimum Gasteiger partial charge on any atom is -0.465 e. The lowest BCUT2D eigenvalue weighted by Crippen LogP contribution is -2.54. The molecule has 8 heteroatoms. The van der Waals surface area contributed by atoms with Gasteiger partial charge in [-0.1, -0.05) is 25.3 Å². The molecular formula is C21H26N2O5S. The van der Waals surface area contributed by atoms with Crippen molar-refractivity contribution in [1.29, 1.82) is 0 Å². The van der Waals surface area contributed by atoms with E-state index >= 15 is 0 Å². The van der Waals surface area contributed by atoms with Gasteiger partial charge in [0.25, 0.3) is 0 Å². The molecule has 0 N–H and O–H groups in total. The maximum Gasteiger partial charge on any atom is 0.337 e. The van der Waals surface area contributed by atoms with E-state index in [1.54, 1.807) is 4.90 Å². The highest BCUT2D eigenvalue weighted by Gasteiger charge is 2.49. The molecule has 2 fully saturated rings. The molecular weight excluding hydrogens is 392 g/mol. The summed E-state index contributed by atoms with van der Waals surface area (Å²) < 4.78 is 33.4. The summed E-state index contributed by atoms with van der Waals surface area (Å²) in [5.41, 5.74) is 0.154. The first-order valence-corrected chi connectivity index (χ1v) is 11.2. The SMILES string of the molecule is C#CCN1C[C@H](CC)C2CCCC(C1=O)N2S(=O)(=O)c1cccc(C(=O)OC)c1. The first-order chi connectivity index (χ1) is 13.8. The van der Waals surface area contributed by atoms with Gasteiger partial charge >= 0.3 is 5.97 Å². The van der Waals surface area contributed by atoms with Crippen LogP contribution >= 0.6 is 0 Å². The molecule has 0 aromatic heterocycles. The number of esters is 1. The molecule has 156 valence electrons. The van der Waals surface area contributed by atoms with Gasteiger partial charge in [-0.2, -0.15) is 4.31 Å². The van der Waals surface area contributed by atoms with Crippen LogP contribution in [0, 0.1) is 18.3 Å². The number of carbonyl (C=O) groups is 2. The number of nitrogens with zero attached hydrogens (tertiary/aromatic N) is 2. The Kier molecular flexibility index (Phi) is 6.30. The van der Waals surface area contributed by atoms with Crippen LogP contribution < -0.4 is 0 Å². The van der Waals surface area contributed by atoms with Crippen LogP contribution in [0.15, 0.2) is 29.2 Å². The molecule has 0 saturated carbocycles. The van der Waals surface area contributed by atoms with Gasteiger partial charge in [-0.25, -0.2) is 13.2 Å². The summed E-state index contributed by atoms with van der Waals surface area (Å²) in [5, 5.41) is 0. The molecule has 3 atom stereocenters. The summed E-state index contributed by atoms with van der Waals surface area (Å²) in [4.78, 5) is 26.6. The second-order valence-corrected chi connectivity index (χ2v) is 9.30. The Morgan fingerprint density at radius 1 is 1.34 bits per heavy atom. The van der Waals surface area contributed by atoms with Gasteiger partial charge in [0.05, 0.1) is 24.1 Å². The molecule has 0 spiro atoms. The third kappa shape index (κ3) is 3.89. The Morgan fingerprint density at radius 2 is 2.10 bits per heavy atom. The molecule has 2 unspecified atom stereocenters. The van der Waals surface area contributed by atoms with Crippen molar-refractivity contribution in [2.45, 2.75) is 49.6 Å². The maximum absolute atomic E-state index is 13.7. The van der Waals surface area contributed by atoms with E-state index in [0.29, 0.717) is 19.4 Å². The predicted octanol–water partition coefficient (Wildman–Crippen LogP) is 1.89. The molecule has 0 radical (unpaired) electrons. The molecule has 1 aromatic carbocycles. The molecule has 1 amide bonds. The minimum absolute atomic E-state index is 0.00355. The number of piperidine rings is 1. The number of carbonyl (C=O) groups excluding carboxylic acids is 2. The summed E-state index contributed by atoms with van der Waals surface area (Å²) in [6, 6.07) is 4.72. The number of fused-ring (bicyclic) bond motifs is 2. The topological polar surface area (TPSA) is 84.0 Å². The molecule has 2 aliphatic heterocycles. The summed E-state index contributed by atoms with van der Waals surface area (Å²) in [6.45, 7) is 2.62. The minimum atomic E-state index is -4.00. The number of rotatable bonds is 5. The van der Waals surface area contributed by atoms with E-state index in [2.05, 4.69) is 5.92 Å². The number of amides is 1. The normalized spacial score (nSPS) is 25.2. The van der Waals surface area contributed by atoms with Crippen molar-refractivity contribution >= 4 is 21.9 Å². The number of hydrogen-bond acceptors (Lipinski definition) is 5. The van der Waals surface area contributed by atoms with Crippen molar-refractivity contribution in [3.05, 3.63) is 29.8 Å². The van der Waals surface area contributed by atoms with E-state index in [-0.39, 0.29) is 34.9 Å². The third-order valence-electron chi connectivity index (χ3n) is 5.84. The van der Waals surface area contributed by atoms with Crippen molar-refractivity contribution in [2.75, 3.05) is 20.2 Å². The Labute approximate surface area is 172 Å². The Morgan fingerprint density at radius 3 is 2.76 bits per heavy atom. The zero-order valence-electron chi connectivity index (χ0n) is 16.7. The van der Waals surface area contributed by atoms with E-state index in [9.17, 15) is 18.0 Å². The van der Waals surface area contributed by atoms with Gasteiger partial charge < -0.3 is 9.64 Å². The Bertz CT molecular complexity index is 937. The van der Waals surface area contributed by atoms with Gasteiger partial charge in [-0.05, 0) is 43.4 Å². The molecule has 7 nitrogen and oxygen atoms in total. The van der Waals surface area contributed by atoms with Crippen molar-refractivity contribution in [3.63, 3.8) is 0 Å². The first-order valence-electron chi connectivity index (χ1n) is 9.79. The van der Waals surface area contributed by atoms with Crippen LogP contribution in [-0.2, 0) is 19.6 Å². The van der Waals surface area contributed by atoms with Gasteiger partial charge in [0.1, 0.15) is 6.04 Å². The molecule has 1 aromatic rings. The number of hydrogen-bond donors (Lipinski definition) is 0. The summed E-state index contributed by atoms with van der Waals surface area (Å²) in [5.74, 6) is 1.66. The van der Waals surface area contributed by atoms with Crippen molar-refractivity contribution in [1.82, 2.24) is 9.21 Å². The number of methoxy groups -OCH3 is 1. The molecule has 2 aliphatic rings. The first kappa shape index (κ1) is 21.3. The van der Waals surface area contributed by atoms with Crippen LogP contribution in [0.25, 0.3) is 0 Å². The van der Waals surface area contributed by atoms with Gasteiger partial charge in [-0.15, -0.1) is 6.42 Å². The number of benzene rings is 1. The molecule has 2 bridgehead atoms. The molecule has 0 aliphatic carbocycles. The van der Waals surface area contributed by atoms with Crippen LogP contribution in [0.5, 0.6) is 0 Å². The number of sulfonamides is 1. The largest absolute Gasteiger partial charge is 0.465 e. The van der Waals surface area contributed by atoms with E-state index in [4.69, 9.17) is 11.2 Å². The monoisotopic (exact) mass is 418 g/mol. The highest BCUT2D eigenvalue weighted by molar-refractivity contribution is 7.89. The Hall–Kier alpha value is -2.37. The van der Waals surface area contributed by atoms with Crippen molar-refractivity contribution in [3.8, 4) is 12.3 Å². The van der Waals surface area contributed by atoms with Crippen molar-refractivity contribution in [2.24, 2.45) is 5.92 Å². The van der Waals surface area contributed by atoms with Gasteiger partial charge in [0, 0.05) is 12.6 Å². The van der Waals surface area contributed by atoms with Crippen LogP contribution in [0.1, 0.15) is 43.0 Å². The number of ether oxygens (including phenoxy) is 1. The highest BCUT2D eigenvalue weighted by atomic mass is 32.2. The third-order valence-corrected chi connectivity index (χ3v) is 7.77. The molecule has 2 heterocycles. The molecule has 2 saturated heterocycles. The standard InChI is InChI=1S/C21H26N2O5S/c1-4-12-22-14-15(5-2)18-10-7-11-19(20(22)24)23(18)29(26,27)17-9-6-8-16(13-17)21(25)28-3/h1,6,8-9,13,15,18-19H,5,7,10-12,14H2,2-3H3/t15-,18?,19?/m0/s1. The zero-order valence-corrected chi connectivity index (χ0v) is 17.5. The van der Waals surface area contributed by atoms with Gasteiger partial charge in [0.2, 0.25) is 15.9 Å². The van der Waals surface area contributed by atoms with E-state index in [0.717, 1.165) is 12.8 Å². The predicted molar refractivity (Wildman–Crippen MR) is 107 cm³/mol. The fourth-order valence-corrected chi connectivity index (χ4v) is 6.34. The van der Waals surface area contributed by atoms with Gasteiger partial charge in [0.15, 0.2) is 0 Å². The van der Waals surface area contributed by atoms with Crippen molar-refractivity contribution < 1.29 is 22.7 Å². The zero-order chi connectivity index (χ0) is 21.2. The fourth-order valence-electron chi connectivity index (χ4n) is 4.41.